The van der Waals surface area contributed by atoms with Crippen molar-refractivity contribution in [2.24, 2.45) is 0 Å². The summed E-state index contributed by atoms with van der Waals surface area (Å²) < 4.78 is 0. The zero-order valence-electron chi connectivity index (χ0n) is 46.3. The largest absolute Gasteiger partial charge is 0.394 e. The summed E-state index contributed by atoms with van der Waals surface area (Å²) in [6.07, 6.45) is 75.8. The quantitative estimate of drug-likeness (QED) is 0.0361. The molecule has 0 aromatic rings. The Morgan fingerprint density at radius 1 is 0.353 bits per heavy atom. The fourth-order valence-electron chi connectivity index (χ4n) is 9.97. The highest BCUT2D eigenvalue weighted by Crippen LogP contribution is 2.18. The van der Waals surface area contributed by atoms with Crippen molar-refractivity contribution in [3.8, 4) is 0 Å². The van der Waals surface area contributed by atoms with Crippen LogP contribution in [-0.4, -0.2) is 46.1 Å². The lowest BCUT2D eigenvalue weighted by molar-refractivity contribution is -0.131. The van der Waals surface area contributed by atoms with E-state index in [1.807, 2.05) is 6.08 Å². The van der Waals surface area contributed by atoms with Gasteiger partial charge in [-0.25, -0.2) is 0 Å². The standard InChI is InChI=1S/C63H123NO4/c1-3-5-7-9-11-13-15-17-19-21-23-25-27-29-30-31-32-34-36-38-40-42-44-46-48-50-52-54-56-58-62(67)63(68)64-60(59-65)61(66)57-55-53-51-49-47-45-43-41-39-37-35-33-28-26-24-22-20-18-16-14-12-10-8-6-4-2/h47,49,55,57,60-62,65-67H,3-46,48,50-54,56,58-59H2,1-2H3,(H,64,68)/b49-47+,57-55+. The van der Waals surface area contributed by atoms with Gasteiger partial charge in [0, 0.05) is 0 Å². The van der Waals surface area contributed by atoms with Gasteiger partial charge in [-0.1, -0.05) is 340 Å². The smallest absolute Gasteiger partial charge is 0.249 e. The van der Waals surface area contributed by atoms with E-state index < -0.39 is 24.2 Å². The summed E-state index contributed by atoms with van der Waals surface area (Å²) in [5.74, 6) is -0.505. The highest BCUT2D eigenvalue weighted by molar-refractivity contribution is 5.80. The van der Waals surface area contributed by atoms with E-state index in [0.717, 1.165) is 38.5 Å². The second-order valence-corrected chi connectivity index (χ2v) is 21.6. The topological polar surface area (TPSA) is 89.8 Å². The Hall–Kier alpha value is -1.17. The summed E-state index contributed by atoms with van der Waals surface area (Å²) in [5.41, 5.74) is 0. The molecule has 0 bridgehead atoms. The lowest BCUT2D eigenvalue weighted by atomic mass is 10.0. The molecule has 0 aliphatic carbocycles. The fourth-order valence-corrected chi connectivity index (χ4v) is 9.97. The average Bonchev–Trinajstić information content (AvgIpc) is 3.34. The third-order valence-corrected chi connectivity index (χ3v) is 14.8. The molecule has 5 heteroatoms. The Bertz CT molecular complexity index is 1010. The number of carbonyl (C=O) groups is 1. The van der Waals surface area contributed by atoms with E-state index in [0.29, 0.717) is 6.42 Å². The first kappa shape index (κ1) is 66.8. The van der Waals surface area contributed by atoms with Crippen LogP contribution in [0.3, 0.4) is 0 Å². The van der Waals surface area contributed by atoms with Gasteiger partial charge in [-0.05, 0) is 32.1 Å². The molecular formula is C63H123NO4. The van der Waals surface area contributed by atoms with Crippen molar-refractivity contribution in [1.82, 2.24) is 5.32 Å². The lowest BCUT2D eigenvalue weighted by Gasteiger charge is -2.21. The van der Waals surface area contributed by atoms with Crippen LogP contribution in [0.5, 0.6) is 0 Å². The van der Waals surface area contributed by atoms with Crippen LogP contribution in [0.1, 0.15) is 348 Å². The first-order chi connectivity index (χ1) is 33.6. The number of carbonyl (C=O) groups excluding carboxylic acids is 1. The molecule has 404 valence electrons. The molecule has 0 saturated heterocycles. The molecule has 0 aliphatic heterocycles. The minimum Gasteiger partial charge on any atom is -0.394 e. The summed E-state index contributed by atoms with van der Waals surface area (Å²) in [7, 11) is 0. The molecule has 3 unspecified atom stereocenters. The summed E-state index contributed by atoms with van der Waals surface area (Å²) >= 11 is 0. The van der Waals surface area contributed by atoms with Crippen LogP contribution in [0.25, 0.3) is 0 Å². The van der Waals surface area contributed by atoms with Gasteiger partial charge in [0.15, 0.2) is 0 Å². The normalized spacial score (nSPS) is 13.3. The van der Waals surface area contributed by atoms with Crippen molar-refractivity contribution in [2.45, 2.75) is 366 Å². The molecule has 0 aromatic carbocycles. The number of hydrogen-bond acceptors (Lipinski definition) is 4. The molecule has 68 heavy (non-hydrogen) atoms. The van der Waals surface area contributed by atoms with Crippen LogP contribution in [0.2, 0.25) is 0 Å². The molecule has 1 amide bonds. The second kappa shape index (κ2) is 58.4. The highest BCUT2D eigenvalue weighted by Gasteiger charge is 2.22. The Morgan fingerprint density at radius 3 is 0.897 bits per heavy atom. The van der Waals surface area contributed by atoms with Crippen LogP contribution in [-0.2, 0) is 4.79 Å². The van der Waals surface area contributed by atoms with Crippen LogP contribution < -0.4 is 5.32 Å². The Labute approximate surface area is 426 Å². The van der Waals surface area contributed by atoms with Gasteiger partial charge in [0.25, 0.3) is 0 Å². The van der Waals surface area contributed by atoms with Crippen molar-refractivity contribution >= 4 is 5.91 Å². The molecular weight excluding hydrogens is 835 g/mol. The number of allylic oxidation sites excluding steroid dienone is 3. The molecule has 0 aromatic heterocycles. The zero-order chi connectivity index (χ0) is 49.3. The molecule has 0 fully saturated rings. The maximum absolute atomic E-state index is 12.6. The van der Waals surface area contributed by atoms with E-state index in [2.05, 4.69) is 31.3 Å². The van der Waals surface area contributed by atoms with Gasteiger partial charge in [-0.3, -0.25) is 4.79 Å². The Morgan fingerprint density at radius 2 is 0.603 bits per heavy atom. The van der Waals surface area contributed by atoms with Gasteiger partial charge in [0.1, 0.15) is 6.10 Å². The van der Waals surface area contributed by atoms with Crippen LogP contribution in [0.4, 0.5) is 0 Å². The monoisotopic (exact) mass is 958 g/mol. The third-order valence-electron chi connectivity index (χ3n) is 14.8. The summed E-state index contributed by atoms with van der Waals surface area (Å²) in [5, 5.41) is 33.4. The lowest BCUT2D eigenvalue weighted by Crippen LogP contribution is -2.48. The van der Waals surface area contributed by atoms with Crippen LogP contribution >= 0.6 is 0 Å². The predicted octanol–water partition coefficient (Wildman–Crippen LogP) is 19.6. The minimum absolute atomic E-state index is 0.372. The molecule has 4 N–H and O–H groups in total. The number of amides is 1. The molecule has 5 nitrogen and oxygen atoms in total. The van der Waals surface area contributed by atoms with Gasteiger partial charge in [-0.2, -0.15) is 0 Å². The van der Waals surface area contributed by atoms with E-state index in [1.165, 1.54) is 289 Å². The van der Waals surface area contributed by atoms with Crippen molar-refractivity contribution in [3.05, 3.63) is 24.3 Å². The molecule has 0 heterocycles. The van der Waals surface area contributed by atoms with Gasteiger partial charge in [0.2, 0.25) is 5.91 Å². The Balaban J connectivity index is 3.54. The van der Waals surface area contributed by atoms with E-state index in [9.17, 15) is 20.1 Å². The number of hydrogen-bond donors (Lipinski definition) is 4. The third kappa shape index (κ3) is 52.6. The van der Waals surface area contributed by atoms with Crippen molar-refractivity contribution < 1.29 is 20.1 Å². The first-order valence-electron chi connectivity index (χ1n) is 31.2. The molecule has 3 atom stereocenters. The number of aliphatic hydroxyl groups excluding tert-OH is 3. The summed E-state index contributed by atoms with van der Waals surface area (Å²) in [6.45, 7) is 4.22. The predicted molar refractivity (Wildman–Crippen MR) is 301 cm³/mol. The number of rotatable bonds is 58. The van der Waals surface area contributed by atoms with E-state index in [4.69, 9.17) is 0 Å². The summed E-state index contributed by atoms with van der Waals surface area (Å²) in [6, 6.07) is -0.813. The molecule has 0 spiro atoms. The number of aliphatic hydroxyl groups is 3. The molecule has 0 aliphatic rings. The number of unbranched alkanes of at least 4 members (excludes halogenated alkanes) is 48. The van der Waals surface area contributed by atoms with Gasteiger partial charge in [-0.15, -0.1) is 0 Å². The van der Waals surface area contributed by atoms with E-state index >= 15 is 0 Å². The van der Waals surface area contributed by atoms with Gasteiger partial charge in [0.05, 0.1) is 18.8 Å². The average molecular weight is 959 g/mol. The van der Waals surface area contributed by atoms with Gasteiger partial charge >= 0.3 is 0 Å². The molecule has 0 rings (SSSR count). The maximum atomic E-state index is 12.6. The van der Waals surface area contributed by atoms with Crippen LogP contribution in [0, 0.1) is 0 Å². The van der Waals surface area contributed by atoms with Crippen molar-refractivity contribution in [2.75, 3.05) is 6.61 Å². The van der Waals surface area contributed by atoms with Gasteiger partial charge < -0.3 is 20.6 Å². The van der Waals surface area contributed by atoms with Crippen molar-refractivity contribution in [1.29, 1.82) is 0 Å². The fraction of sp³-hybridized carbons (Fsp3) is 0.921. The molecule has 0 saturated carbocycles. The maximum Gasteiger partial charge on any atom is 0.249 e. The zero-order valence-corrected chi connectivity index (χ0v) is 46.3. The molecule has 0 radical (unpaired) electrons. The number of nitrogens with one attached hydrogen (secondary N) is 1. The Kier molecular flexibility index (Phi) is 57.4. The van der Waals surface area contributed by atoms with Crippen molar-refractivity contribution in [3.63, 3.8) is 0 Å². The first-order valence-corrected chi connectivity index (χ1v) is 31.2. The minimum atomic E-state index is -1.10. The van der Waals surface area contributed by atoms with Crippen LogP contribution in [0.15, 0.2) is 24.3 Å². The summed E-state index contributed by atoms with van der Waals surface area (Å²) in [4.78, 5) is 12.6. The van der Waals surface area contributed by atoms with E-state index in [-0.39, 0.29) is 6.61 Å². The van der Waals surface area contributed by atoms with E-state index in [1.54, 1.807) is 6.08 Å². The second-order valence-electron chi connectivity index (χ2n) is 21.6. The highest BCUT2D eigenvalue weighted by atomic mass is 16.3. The SMILES string of the molecule is CCCCCCCCCCCCCCCCCCCCC/C=C/CC/C=C/C(O)C(CO)NC(=O)C(O)CCCCCCCCCCCCCCCCCCCCCCCCCCCCCCC.